The van der Waals surface area contributed by atoms with E-state index in [1.165, 1.54) is 32.4 Å². The molecule has 1 aromatic rings. The summed E-state index contributed by atoms with van der Waals surface area (Å²) in [7, 11) is 0. The molecule has 0 bridgehead atoms. The minimum absolute atomic E-state index is 0.697. The third-order valence-electron chi connectivity index (χ3n) is 4.56. The van der Waals surface area contributed by atoms with Gasteiger partial charge in [0.05, 0.1) is 0 Å². The molecule has 1 fully saturated rings. The van der Waals surface area contributed by atoms with Crippen LogP contribution in [0.5, 0.6) is 0 Å². The molecule has 1 heterocycles. The average molecular weight is 244 g/mol. The van der Waals surface area contributed by atoms with E-state index in [9.17, 15) is 0 Å². The normalized spacial score (nSPS) is 24.6. The largest absolute Gasteiger partial charge is 0.315 e. The van der Waals surface area contributed by atoms with Gasteiger partial charge in [-0.1, -0.05) is 24.3 Å². The third kappa shape index (κ3) is 2.45. The highest BCUT2D eigenvalue weighted by Crippen LogP contribution is 2.33. The average Bonchev–Trinajstić information content (AvgIpc) is 2.88. The van der Waals surface area contributed by atoms with Crippen LogP contribution in [-0.4, -0.2) is 37.1 Å². The first-order valence-electron chi connectivity index (χ1n) is 7.37. The van der Waals surface area contributed by atoms with E-state index in [4.69, 9.17) is 0 Å². The zero-order chi connectivity index (χ0) is 12.4. The molecule has 0 saturated carbocycles. The van der Waals surface area contributed by atoms with E-state index in [1.54, 1.807) is 11.1 Å². The summed E-state index contributed by atoms with van der Waals surface area (Å²) in [5.74, 6) is 0.756. The molecule has 1 aromatic carbocycles. The van der Waals surface area contributed by atoms with Gasteiger partial charge in [-0.05, 0) is 50.4 Å². The molecule has 0 radical (unpaired) electrons. The predicted octanol–water partition coefficient (Wildman–Crippen LogP) is 2.40. The lowest BCUT2D eigenvalue weighted by atomic mass is 9.77. The second-order valence-electron chi connectivity index (χ2n) is 5.85. The molecule has 1 aliphatic carbocycles. The van der Waals surface area contributed by atoms with Gasteiger partial charge in [0, 0.05) is 25.0 Å². The molecule has 2 heteroatoms. The standard InChI is InChI=1S/C16H24N2/c1-13(18-8-4-5-9-18)11-17-12-15-10-14-6-2-3-7-16(14)15/h2-3,6-7,13,15,17H,4-5,8-12H2,1H3. The molecule has 3 rings (SSSR count). The lowest BCUT2D eigenvalue weighted by Gasteiger charge is -2.31. The molecular weight excluding hydrogens is 220 g/mol. The Bertz CT molecular complexity index is 396. The molecule has 2 unspecified atom stereocenters. The maximum atomic E-state index is 3.66. The number of rotatable bonds is 5. The van der Waals surface area contributed by atoms with E-state index in [-0.39, 0.29) is 0 Å². The number of nitrogens with zero attached hydrogens (tertiary/aromatic N) is 1. The Morgan fingerprint density at radius 1 is 1.28 bits per heavy atom. The van der Waals surface area contributed by atoms with Crippen LogP contribution in [-0.2, 0) is 6.42 Å². The van der Waals surface area contributed by atoms with Crippen molar-refractivity contribution < 1.29 is 0 Å². The van der Waals surface area contributed by atoms with Gasteiger partial charge < -0.3 is 5.32 Å². The highest BCUT2D eigenvalue weighted by molar-refractivity contribution is 5.40. The maximum Gasteiger partial charge on any atom is 0.0192 e. The van der Waals surface area contributed by atoms with Crippen molar-refractivity contribution in [2.24, 2.45) is 0 Å². The summed E-state index contributed by atoms with van der Waals surface area (Å²) in [4.78, 5) is 2.61. The van der Waals surface area contributed by atoms with Gasteiger partial charge in [-0.25, -0.2) is 0 Å². The molecule has 98 valence electrons. The molecule has 0 aromatic heterocycles. The van der Waals surface area contributed by atoms with Crippen LogP contribution in [0.3, 0.4) is 0 Å². The van der Waals surface area contributed by atoms with E-state index in [2.05, 4.69) is 41.4 Å². The molecule has 1 N–H and O–H groups in total. The summed E-state index contributed by atoms with van der Waals surface area (Å²) < 4.78 is 0. The first kappa shape index (κ1) is 12.2. The van der Waals surface area contributed by atoms with Crippen molar-refractivity contribution in [1.29, 1.82) is 0 Å². The van der Waals surface area contributed by atoms with Crippen LogP contribution in [0.4, 0.5) is 0 Å². The van der Waals surface area contributed by atoms with Crippen LogP contribution in [0.1, 0.15) is 36.8 Å². The summed E-state index contributed by atoms with van der Waals surface area (Å²) in [5, 5.41) is 3.66. The van der Waals surface area contributed by atoms with E-state index >= 15 is 0 Å². The topological polar surface area (TPSA) is 15.3 Å². The van der Waals surface area contributed by atoms with Gasteiger partial charge in [-0.2, -0.15) is 0 Å². The second kappa shape index (κ2) is 5.41. The quantitative estimate of drug-likeness (QED) is 0.855. The summed E-state index contributed by atoms with van der Waals surface area (Å²) in [6.45, 7) is 7.24. The van der Waals surface area contributed by atoms with Gasteiger partial charge in [-0.3, -0.25) is 4.90 Å². The fourth-order valence-electron chi connectivity index (χ4n) is 3.32. The minimum atomic E-state index is 0.697. The molecule has 2 aliphatic rings. The predicted molar refractivity (Wildman–Crippen MR) is 76.0 cm³/mol. The number of likely N-dealkylation sites (tertiary alicyclic amines) is 1. The lowest BCUT2D eigenvalue weighted by molar-refractivity contribution is 0.250. The molecule has 0 amide bonds. The molecule has 2 nitrogen and oxygen atoms in total. The van der Waals surface area contributed by atoms with Crippen LogP contribution >= 0.6 is 0 Å². The number of hydrogen-bond acceptors (Lipinski definition) is 2. The van der Waals surface area contributed by atoms with E-state index in [0.717, 1.165) is 19.0 Å². The molecule has 1 saturated heterocycles. The minimum Gasteiger partial charge on any atom is -0.315 e. The fourth-order valence-corrected chi connectivity index (χ4v) is 3.32. The van der Waals surface area contributed by atoms with Gasteiger partial charge in [0.25, 0.3) is 0 Å². The number of hydrogen-bond donors (Lipinski definition) is 1. The van der Waals surface area contributed by atoms with Gasteiger partial charge in [0.1, 0.15) is 0 Å². The first-order chi connectivity index (χ1) is 8.84. The first-order valence-corrected chi connectivity index (χ1v) is 7.37. The fraction of sp³-hybridized carbons (Fsp3) is 0.625. The Hall–Kier alpha value is -0.860. The van der Waals surface area contributed by atoms with Gasteiger partial charge >= 0.3 is 0 Å². The lowest BCUT2D eigenvalue weighted by Crippen LogP contribution is -2.40. The molecule has 0 spiro atoms. The zero-order valence-electron chi connectivity index (χ0n) is 11.4. The molecule has 2 atom stereocenters. The highest BCUT2D eigenvalue weighted by Gasteiger charge is 2.25. The summed E-state index contributed by atoms with van der Waals surface area (Å²) >= 11 is 0. The molecule has 1 aliphatic heterocycles. The van der Waals surface area contributed by atoms with Crippen LogP contribution < -0.4 is 5.32 Å². The number of fused-ring (bicyclic) bond motifs is 1. The third-order valence-corrected chi connectivity index (χ3v) is 4.56. The van der Waals surface area contributed by atoms with Crippen molar-refractivity contribution in [3.63, 3.8) is 0 Å². The second-order valence-corrected chi connectivity index (χ2v) is 5.85. The Balaban J connectivity index is 1.41. The van der Waals surface area contributed by atoms with Gasteiger partial charge in [0.15, 0.2) is 0 Å². The Morgan fingerprint density at radius 2 is 2.06 bits per heavy atom. The smallest absolute Gasteiger partial charge is 0.0192 e. The van der Waals surface area contributed by atoms with Crippen molar-refractivity contribution in [3.8, 4) is 0 Å². The Labute approximate surface area is 110 Å². The van der Waals surface area contributed by atoms with Crippen molar-refractivity contribution in [2.45, 2.75) is 38.1 Å². The van der Waals surface area contributed by atoms with Gasteiger partial charge in [0.2, 0.25) is 0 Å². The van der Waals surface area contributed by atoms with E-state index in [0.29, 0.717) is 6.04 Å². The van der Waals surface area contributed by atoms with Crippen LogP contribution in [0, 0.1) is 0 Å². The Morgan fingerprint density at radius 3 is 2.83 bits per heavy atom. The SMILES string of the molecule is CC(CNCC1Cc2ccccc21)N1CCCC1. The van der Waals surface area contributed by atoms with Crippen LogP contribution in [0.15, 0.2) is 24.3 Å². The summed E-state index contributed by atoms with van der Waals surface area (Å²) in [5.41, 5.74) is 3.12. The number of benzene rings is 1. The van der Waals surface area contributed by atoms with E-state index < -0.39 is 0 Å². The van der Waals surface area contributed by atoms with Crippen molar-refractivity contribution in [1.82, 2.24) is 10.2 Å². The monoisotopic (exact) mass is 244 g/mol. The van der Waals surface area contributed by atoms with Crippen LogP contribution in [0.2, 0.25) is 0 Å². The maximum absolute atomic E-state index is 3.66. The molecular formula is C16H24N2. The van der Waals surface area contributed by atoms with Crippen LogP contribution in [0.25, 0.3) is 0 Å². The highest BCUT2D eigenvalue weighted by atomic mass is 15.2. The zero-order valence-corrected chi connectivity index (χ0v) is 11.4. The summed E-state index contributed by atoms with van der Waals surface area (Å²) in [6, 6.07) is 9.56. The van der Waals surface area contributed by atoms with Crippen molar-refractivity contribution in [2.75, 3.05) is 26.2 Å². The van der Waals surface area contributed by atoms with E-state index in [1.807, 2.05) is 0 Å². The molecule has 18 heavy (non-hydrogen) atoms. The van der Waals surface area contributed by atoms with Crippen molar-refractivity contribution in [3.05, 3.63) is 35.4 Å². The Kier molecular flexibility index (Phi) is 3.67. The number of nitrogens with one attached hydrogen (secondary N) is 1. The van der Waals surface area contributed by atoms with Crippen molar-refractivity contribution >= 4 is 0 Å². The summed E-state index contributed by atoms with van der Waals surface area (Å²) in [6.07, 6.45) is 4.04. The van der Waals surface area contributed by atoms with Gasteiger partial charge in [-0.15, -0.1) is 0 Å².